The summed E-state index contributed by atoms with van der Waals surface area (Å²) in [5.41, 5.74) is 19.7. The summed E-state index contributed by atoms with van der Waals surface area (Å²) < 4.78 is 4.09. The molecule has 0 amide bonds. The first-order valence-electron chi connectivity index (χ1n) is 21.1. The van der Waals surface area contributed by atoms with E-state index in [1.54, 1.807) is 0 Å². The Kier molecular flexibility index (Phi) is 8.53. The highest BCUT2D eigenvalue weighted by atomic mass is 32.1. The predicted octanol–water partition coefficient (Wildman–Crippen LogP) is 14.4. The Hall–Kier alpha value is -5.10. The summed E-state index contributed by atoms with van der Waals surface area (Å²) in [5.74, 6) is 0. The summed E-state index contributed by atoms with van der Waals surface area (Å²) in [5, 5.41) is 5.00. The molecule has 10 rings (SSSR count). The topological polar surface area (TPSA) is 6.48 Å². The molecule has 0 saturated carbocycles. The van der Waals surface area contributed by atoms with Crippen LogP contribution in [0, 0.1) is 13.8 Å². The zero-order chi connectivity index (χ0) is 41.3. The van der Waals surface area contributed by atoms with Gasteiger partial charge < -0.3 is 9.80 Å². The molecule has 0 spiro atoms. The van der Waals surface area contributed by atoms with Crippen molar-refractivity contribution in [2.24, 2.45) is 0 Å². The van der Waals surface area contributed by atoms with Gasteiger partial charge in [-0.05, 0) is 140 Å². The summed E-state index contributed by atoms with van der Waals surface area (Å²) in [6, 6.07) is 44.6. The largest absolute Gasteiger partial charge is 0.311 e. The third-order valence-corrected chi connectivity index (χ3v) is 15.0. The molecule has 0 unspecified atom stereocenters. The van der Waals surface area contributed by atoms with Gasteiger partial charge in [-0.3, -0.25) is 0 Å². The second-order valence-electron chi connectivity index (χ2n) is 20.0. The minimum absolute atomic E-state index is 0.00304. The van der Waals surface area contributed by atoms with Crippen molar-refractivity contribution in [1.29, 1.82) is 0 Å². The van der Waals surface area contributed by atoms with Crippen LogP contribution in [0.4, 0.5) is 34.1 Å². The second kappa shape index (κ2) is 13.2. The van der Waals surface area contributed by atoms with E-state index in [4.69, 9.17) is 0 Å². The van der Waals surface area contributed by atoms with Gasteiger partial charge in [-0.25, -0.2) is 0 Å². The maximum absolute atomic E-state index is 2.66. The van der Waals surface area contributed by atoms with Crippen LogP contribution in [0.25, 0.3) is 31.3 Å². The first-order chi connectivity index (χ1) is 28.0. The van der Waals surface area contributed by atoms with Crippen molar-refractivity contribution < 1.29 is 0 Å². The van der Waals surface area contributed by atoms with Gasteiger partial charge in [-0.2, -0.15) is 0 Å². The molecule has 294 valence electrons. The molecule has 0 fully saturated rings. The molecule has 2 aliphatic rings. The molecule has 0 bridgehead atoms. The van der Waals surface area contributed by atoms with Crippen LogP contribution in [0.2, 0.25) is 0 Å². The zero-order valence-corrected chi connectivity index (χ0v) is 38.0. The number of rotatable bonds is 3. The van der Waals surface area contributed by atoms with Crippen LogP contribution in [-0.2, 0) is 16.2 Å². The number of benzene rings is 6. The summed E-state index contributed by atoms with van der Waals surface area (Å²) in [4.78, 5) is 5.21. The fraction of sp³-hybridized carbons (Fsp3) is 0.259. The fourth-order valence-corrected chi connectivity index (χ4v) is 11.9. The predicted molar refractivity (Wildman–Crippen MR) is 262 cm³/mol. The van der Waals surface area contributed by atoms with E-state index in [-0.39, 0.29) is 23.0 Å². The Morgan fingerprint density at radius 1 is 0.508 bits per heavy atom. The van der Waals surface area contributed by atoms with Crippen molar-refractivity contribution in [3.63, 3.8) is 0 Å². The first kappa shape index (κ1) is 38.1. The van der Waals surface area contributed by atoms with E-state index in [1.165, 1.54) is 109 Å². The molecule has 6 aromatic carbocycles. The Morgan fingerprint density at radius 2 is 1.12 bits per heavy atom. The van der Waals surface area contributed by atoms with Gasteiger partial charge in [0, 0.05) is 53.3 Å². The molecular weight excluding hydrogens is 752 g/mol. The summed E-state index contributed by atoms with van der Waals surface area (Å²) in [6.07, 6.45) is 0. The summed E-state index contributed by atoms with van der Waals surface area (Å²) in [7, 11) is 0. The number of nitrogens with zero attached hydrogens (tertiary/aromatic N) is 2. The second-order valence-corrected chi connectivity index (χ2v) is 22.0. The lowest BCUT2D eigenvalue weighted by Gasteiger charge is -2.44. The lowest BCUT2D eigenvalue weighted by Crippen LogP contribution is -2.60. The van der Waals surface area contributed by atoms with Gasteiger partial charge in [0.1, 0.15) is 0 Å². The van der Waals surface area contributed by atoms with E-state index < -0.39 is 0 Å². The summed E-state index contributed by atoms with van der Waals surface area (Å²) >= 11 is 3.82. The van der Waals surface area contributed by atoms with Crippen LogP contribution < -0.4 is 25.5 Å². The highest BCUT2D eigenvalue weighted by molar-refractivity contribution is 7.33. The van der Waals surface area contributed by atoms with Gasteiger partial charge in [0.2, 0.25) is 0 Å². The van der Waals surface area contributed by atoms with Gasteiger partial charge >= 0.3 is 0 Å². The van der Waals surface area contributed by atoms with Gasteiger partial charge in [-0.1, -0.05) is 117 Å². The minimum atomic E-state index is 0.00304. The lowest BCUT2D eigenvalue weighted by atomic mass is 9.36. The number of fused-ring (bicyclic) bond motifs is 7. The average molecular weight is 805 g/mol. The van der Waals surface area contributed by atoms with Crippen molar-refractivity contribution in [2.75, 3.05) is 9.80 Å². The summed E-state index contributed by atoms with van der Waals surface area (Å²) in [6.45, 7) is 25.7. The van der Waals surface area contributed by atoms with Crippen LogP contribution in [0.3, 0.4) is 0 Å². The number of thiophene rings is 2. The third kappa shape index (κ3) is 6.02. The van der Waals surface area contributed by atoms with Crippen molar-refractivity contribution in [2.45, 2.75) is 92.4 Å². The molecule has 2 aliphatic heterocycles. The van der Waals surface area contributed by atoms with Crippen molar-refractivity contribution in [3.8, 4) is 11.1 Å². The molecule has 0 N–H and O–H groups in total. The molecule has 0 aliphatic carbocycles. The first-order valence-corrected chi connectivity index (χ1v) is 22.8. The molecule has 4 heterocycles. The van der Waals surface area contributed by atoms with Crippen LogP contribution in [-0.4, -0.2) is 6.71 Å². The quantitative estimate of drug-likeness (QED) is 0.164. The van der Waals surface area contributed by atoms with Gasteiger partial charge in [0.15, 0.2) is 0 Å². The van der Waals surface area contributed by atoms with E-state index in [0.717, 1.165) is 0 Å². The zero-order valence-electron chi connectivity index (χ0n) is 36.3. The van der Waals surface area contributed by atoms with Crippen LogP contribution in [0.15, 0.2) is 121 Å². The minimum Gasteiger partial charge on any atom is -0.311 e. The SMILES string of the molecule is Cc1cc(-c2csc3ccccc23)cc(C)c1N1c2cccc3c2B(c2cc(C(C)(C)C)ccc2N3c2ccc(C(C)(C)C)cc2)c2sc3ccc(C(C)(C)C)cc3c21. The van der Waals surface area contributed by atoms with Gasteiger partial charge in [-0.15, -0.1) is 22.7 Å². The number of hydrogen-bond donors (Lipinski definition) is 0. The van der Waals surface area contributed by atoms with E-state index in [9.17, 15) is 0 Å². The smallest absolute Gasteiger partial charge is 0.264 e. The molecule has 8 aromatic rings. The number of hydrogen-bond acceptors (Lipinski definition) is 4. The molecule has 0 radical (unpaired) electrons. The Bertz CT molecular complexity index is 2960. The standard InChI is InChI=1S/C54H53BN2S2/c1-32-27-34(41-31-58-46-18-13-12-15-39(41)46)28-33(2)49(32)57-45-17-14-16-44-48(45)55(51-50(57)40-29-36(53(6,7)8)22-26-47(40)59-51)42-30-37(54(9,10)11)21-25-43(42)56(44)38-23-19-35(20-24-38)52(3,4)5/h12-31H,1-11H3. The third-order valence-electron chi connectivity index (χ3n) is 12.8. The highest BCUT2D eigenvalue weighted by Gasteiger charge is 2.46. The van der Waals surface area contributed by atoms with Gasteiger partial charge in [0.05, 0.1) is 11.4 Å². The van der Waals surface area contributed by atoms with Crippen LogP contribution in [0.1, 0.15) is 90.1 Å². The molecule has 5 heteroatoms. The van der Waals surface area contributed by atoms with E-state index in [2.05, 4.69) is 207 Å². The highest BCUT2D eigenvalue weighted by Crippen LogP contribution is 2.50. The Morgan fingerprint density at radius 3 is 1.80 bits per heavy atom. The molecule has 0 saturated heterocycles. The van der Waals surface area contributed by atoms with Crippen LogP contribution in [0.5, 0.6) is 0 Å². The van der Waals surface area contributed by atoms with Crippen LogP contribution >= 0.6 is 22.7 Å². The van der Waals surface area contributed by atoms with Crippen molar-refractivity contribution >= 4 is 99.4 Å². The number of aryl methyl sites for hydroxylation is 2. The maximum atomic E-state index is 2.66. The molecule has 2 aromatic heterocycles. The molecule has 59 heavy (non-hydrogen) atoms. The van der Waals surface area contributed by atoms with Gasteiger partial charge in [0.25, 0.3) is 6.71 Å². The Labute approximate surface area is 359 Å². The van der Waals surface area contributed by atoms with Crippen molar-refractivity contribution in [1.82, 2.24) is 0 Å². The fourth-order valence-electron chi connectivity index (χ4n) is 9.64. The molecular formula is C54H53BN2S2. The monoisotopic (exact) mass is 804 g/mol. The Balaban J connectivity index is 1.28. The molecule has 0 atom stereocenters. The van der Waals surface area contributed by atoms with Crippen molar-refractivity contribution in [3.05, 3.63) is 148 Å². The normalized spacial score (nSPS) is 13.9. The van der Waals surface area contributed by atoms with E-state index in [1.807, 2.05) is 22.7 Å². The number of anilines is 6. The maximum Gasteiger partial charge on any atom is 0.264 e. The van der Waals surface area contributed by atoms with E-state index in [0.29, 0.717) is 0 Å². The average Bonchev–Trinajstić information content (AvgIpc) is 3.79. The lowest BCUT2D eigenvalue weighted by molar-refractivity contribution is 0.590. The molecule has 2 nitrogen and oxygen atoms in total. The van der Waals surface area contributed by atoms with E-state index >= 15 is 0 Å².